The lowest BCUT2D eigenvalue weighted by Crippen LogP contribution is -2.55. The number of fused-ring (bicyclic) bond motifs is 5. The molecule has 1 aromatic rings. The summed E-state index contributed by atoms with van der Waals surface area (Å²) in [7, 11) is 2.15. The Labute approximate surface area is 130 Å². The molecule has 0 aromatic heterocycles. The van der Waals surface area contributed by atoms with Crippen LogP contribution in [0.3, 0.4) is 0 Å². The molecule has 2 bridgehead atoms. The third-order valence-corrected chi connectivity index (χ3v) is 5.61. The molecule has 0 unspecified atom stereocenters. The zero-order valence-electron chi connectivity index (χ0n) is 13.0. The van der Waals surface area contributed by atoms with E-state index in [-0.39, 0.29) is 17.6 Å². The number of morpholine rings is 1. The van der Waals surface area contributed by atoms with Crippen LogP contribution < -0.4 is 0 Å². The van der Waals surface area contributed by atoms with E-state index in [2.05, 4.69) is 25.5 Å². The first-order valence-corrected chi connectivity index (χ1v) is 7.84. The molecule has 3 heterocycles. The molecule has 0 radical (unpaired) electrons. The third-order valence-electron chi connectivity index (χ3n) is 5.61. The maximum atomic E-state index is 12.4. The summed E-state index contributed by atoms with van der Waals surface area (Å²) in [5, 5.41) is 0. The van der Waals surface area contributed by atoms with Gasteiger partial charge >= 0.3 is 5.97 Å². The minimum absolute atomic E-state index is 0.00733. The van der Waals surface area contributed by atoms with Crippen molar-refractivity contribution in [3.8, 4) is 0 Å². The molecule has 3 saturated heterocycles. The molecule has 3 fully saturated rings. The minimum atomic E-state index is -0.307. The van der Waals surface area contributed by atoms with E-state index < -0.39 is 0 Å². The summed E-state index contributed by atoms with van der Waals surface area (Å²) >= 11 is 0. The van der Waals surface area contributed by atoms with Gasteiger partial charge in [-0.1, -0.05) is 36.9 Å². The van der Waals surface area contributed by atoms with E-state index in [0.29, 0.717) is 23.8 Å². The number of nitrogens with zero attached hydrogens (tertiary/aromatic N) is 1. The molecule has 4 rings (SSSR count). The van der Waals surface area contributed by atoms with E-state index in [0.717, 1.165) is 18.4 Å². The Bertz CT molecular complexity index is 628. The zero-order valence-corrected chi connectivity index (χ0v) is 13.0. The van der Waals surface area contributed by atoms with Gasteiger partial charge in [0.15, 0.2) is 0 Å². The van der Waals surface area contributed by atoms with Gasteiger partial charge in [0.1, 0.15) is 18.3 Å². The summed E-state index contributed by atoms with van der Waals surface area (Å²) < 4.78 is 11.5. The fourth-order valence-electron chi connectivity index (χ4n) is 4.15. The molecule has 3 aliphatic heterocycles. The van der Waals surface area contributed by atoms with Gasteiger partial charge in [0.2, 0.25) is 0 Å². The van der Waals surface area contributed by atoms with E-state index in [9.17, 15) is 4.79 Å². The Hall–Kier alpha value is -1.65. The van der Waals surface area contributed by atoms with Gasteiger partial charge in [-0.2, -0.15) is 0 Å². The predicted octanol–water partition coefficient (Wildman–Crippen LogP) is 2.25. The number of hydrogen-bond acceptors (Lipinski definition) is 4. The number of piperidine rings is 1. The number of rotatable bonds is 3. The summed E-state index contributed by atoms with van der Waals surface area (Å²) in [5.74, 6) is -0.307. The maximum Gasteiger partial charge on any atom is 0.338 e. The molecule has 22 heavy (non-hydrogen) atoms. The molecular weight excluding hydrogens is 278 g/mol. The van der Waals surface area contributed by atoms with Crippen LogP contribution in [-0.4, -0.2) is 47.8 Å². The smallest absolute Gasteiger partial charge is 0.338 e. The van der Waals surface area contributed by atoms with Gasteiger partial charge in [-0.3, -0.25) is 4.90 Å². The van der Waals surface area contributed by atoms with E-state index in [1.807, 2.05) is 30.3 Å². The Kier molecular flexibility index (Phi) is 2.97. The fourth-order valence-corrected chi connectivity index (χ4v) is 4.15. The number of hydrogen-bond donors (Lipinski definition) is 0. The summed E-state index contributed by atoms with van der Waals surface area (Å²) in [4.78, 5) is 14.8. The monoisotopic (exact) mass is 299 g/mol. The van der Waals surface area contributed by atoms with Gasteiger partial charge in [0.25, 0.3) is 0 Å². The van der Waals surface area contributed by atoms with Crippen LogP contribution in [0.15, 0.2) is 36.9 Å². The first-order chi connectivity index (χ1) is 10.5. The van der Waals surface area contributed by atoms with Gasteiger partial charge < -0.3 is 9.47 Å². The average Bonchev–Trinajstić information content (AvgIpc) is 3.29. The van der Waals surface area contributed by atoms with Crippen molar-refractivity contribution in [2.75, 3.05) is 7.05 Å². The van der Waals surface area contributed by atoms with Crippen LogP contribution in [0.2, 0.25) is 0 Å². The van der Waals surface area contributed by atoms with Crippen molar-refractivity contribution in [3.63, 3.8) is 0 Å². The van der Waals surface area contributed by atoms with E-state index in [1.165, 1.54) is 0 Å². The number of carbonyl (C=O) groups excluding carboxylic acids is 1. The Morgan fingerprint density at radius 2 is 2.14 bits per heavy atom. The quantitative estimate of drug-likeness (QED) is 0.488. The first kappa shape index (κ1) is 14.0. The van der Waals surface area contributed by atoms with E-state index >= 15 is 0 Å². The van der Waals surface area contributed by atoms with E-state index in [1.54, 1.807) is 0 Å². The number of benzene rings is 1. The zero-order chi connectivity index (χ0) is 15.5. The van der Waals surface area contributed by atoms with Crippen molar-refractivity contribution in [2.45, 2.75) is 49.7 Å². The fraction of sp³-hybridized carbons (Fsp3) is 0.500. The van der Waals surface area contributed by atoms with Crippen molar-refractivity contribution in [3.05, 3.63) is 42.5 Å². The second-order valence-corrected chi connectivity index (χ2v) is 6.87. The first-order valence-electron chi connectivity index (χ1n) is 7.84. The molecule has 1 aromatic carbocycles. The molecule has 3 aliphatic rings. The Morgan fingerprint density at radius 3 is 2.82 bits per heavy atom. The standard InChI is InChI=1S/C18H21NO3/c1-11(12-7-5-4-6-8-12)17(20)21-13-9-14-15-16(22-15)18(2,10-13)19(14)3/h4-8,13-16H,1,9-10H2,2-3H3/t13-,14-,15-,16-,18+/m1/s1. The SMILES string of the molecule is C=C(C(=O)O[C@@H]1C[C@@H]2[C@H]3O[C@H]3[C@](C)(C1)N2C)c1ccccc1. The second kappa shape index (κ2) is 4.67. The van der Waals surface area contributed by atoms with Gasteiger partial charge in [-0.15, -0.1) is 0 Å². The number of likely N-dealkylation sites (N-methyl/N-ethyl adjacent to an activating group) is 1. The third kappa shape index (κ3) is 1.94. The molecule has 4 nitrogen and oxygen atoms in total. The molecule has 4 heteroatoms. The summed E-state index contributed by atoms with van der Waals surface area (Å²) in [6.45, 7) is 6.10. The number of carbonyl (C=O) groups is 1. The summed E-state index contributed by atoms with van der Waals surface area (Å²) in [6, 6.07) is 9.85. The van der Waals surface area contributed by atoms with Crippen molar-refractivity contribution in [1.82, 2.24) is 4.90 Å². The number of epoxide rings is 1. The van der Waals surface area contributed by atoms with Crippen molar-refractivity contribution in [1.29, 1.82) is 0 Å². The van der Waals surface area contributed by atoms with Gasteiger partial charge in [-0.05, 0) is 19.5 Å². The number of ether oxygens (including phenoxy) is 2. The predicted molar refractivity (Wildman–Crippen MR) is 83.2 cm³/mol. The lowest BCUT2D eigenvalue weighted by molar-refractivity contribution is -0.149. The molecule has 0 saturated carbocycles. The van der Waals surface area contributed by atoms with Gasteiger partial charge in [-0.25, -0.2) is 4.79 Å². The molecule has 0 spiro atoms. The largest absolute Gasteiger partial charge is 0.459 e. The van der Waals surface area contributed by atoms with Crippen molar-refractivity contribution >= 4 is 11.5 Å². The topological polar surface area (TPSA) is 42.1 Å². The minimum Gasteiger partial charge on any atom is -0.459 e. The van der Waals surface area contributed by atoms with Crippen LogP contribution in [0.4, 0.5) is 0 Å². The highest BCUT2D eigenvalue weighted by molar-refractivity contribution is 6.15. The van der Waals surface area contributed by atoms with Crippen LogP contribution in [0.25, 0.3) is 5.57 Å². The number of esters is 1. The molecule has 0 N–H and O–H groups in total. The lowest BCUT2D eigenvalue weighted by atomic mass is 9.88. The van der Waals surface area contributed by atoms with Crippen LogP contribution in [0, 0.1) is 0 Å². The highest BCUT2D eigenvalue weighted by Gasteiger charge is 2.69. The highest BCUT2D eigenvalue weighted by Crippen LogP contribution is 2.54. The van der Waals surface area contributed by atoms with Crippen LogP contribution in [-0.2, 0) is 14.3 Å². The Morgan fingerprint density at radius 1 is 1.41 bits per heavy atom. The van der Waals surface area contributed by atoms with Crippen LogP contribution in [0.5, 0.6) is 0 Å². The summed E-state index contributed by atoms with van der Waals surface area (Å²) in [6.07, 6.45) is 2.27. The van der Waals surface area contributed by atoms with Crippen molar-refractivity contribution < 1.29 is 14.3 Å². The van der Waals surface area contributed by atoms with Crippen LogP contribution in [0.1, 0.15) is 25.3 Å². The maximum absolute atomic E-state index is 12.4. The van der Waals surface area contributed by atoms with Gasteiger partial charge in [0.05, 0.1) is 11.1 Å². The van der Waals surface area contributed by atoms with Crippen molar-refractivity contribution in [2.24, 2.45) is 0 Å². The Balaban J connectivity index is 1.45. The molecule has 116 valence electrons. The molecule has 5 atom stereocenters. The van der Waals surface area contributed by atoms with Crippen LogP contribution >= 0.6 is 0 Å². The second-order valence-electron chi connectivity index (χ2n) is 6.87. The molecule has 0 amide bonds. The normalized spacial score (nSPS) is 39.2. The van der Waals surface area contributed by atoms with Gasteiger partial charge in [0, 0.05) is 18.9 Å². The highest BCUT2D eigenvalue weighted by atomic mass is 16.6. The summed E-state index contributed by atoms with van der Waals surface area (Å²) in [5.41, 5.74) is 1.24. The van der Waals surface area contributed by atoms with E-state index in [4.69, 9.17) is 9.47 Å². The average molecular weight is 299 g/mol. The lowest BCUT2D eigenvalue weighted by Gasteiger charge is -2.45. The molecule has 0 aliphatic carbocycles. The molecular formula is C18H21NO3.